The number of nitrogens with one attached hydrogen (secondary N) is 1. The molecule has 0 bridgehead atoms. The standard InChI is InChI=1S/C20H22N2O2/c1-14-10-12-16(13-11-14)19(2)20(3,18(23)24-4)22-17(21-19)15-8-6-5-7-9-15/h5-13H,1-4H3,(H,21,22)/t19-,20-/m1/s1. The Bertz CT molecular complexity index is 783. The van der Waals surface area contributed by atoms with Gasteiger partial charge in [-0.15, -0.1) is 0 Å². The van der Waals surface area contributed by atoms with Crippen LogP contribution in [0, 0.1) is 6.92 Å². The number of rotatable bonds is 3. The molecule has 0 radical (unpaired) electrons. The summed E-state index contributed by atoms with van der Waals surface area (Å²) in [6.07, 6.45) is 0. The van der Waals surface area contributed by atoms with Crippen molar-refractivity contribution < 1.29 is 9.53 Å². The van der Waals surface area contributed by atoms with E-state index in [0.29, 0.717) is 5.84 Å². The quantitative estimate of drug-likeness (QED) is 0.883. The van der Waals surface area contributed by atoms with E-state index in [4.69, 9.17) is 9.73 Å². The van der Waals surface area contributed by atoms with Crippen LogP contribution in [0.5, 0.6) is 0 Å². The fourth-order valence-corrected chi connectivity index (χ4v) is 3.14. The minimum atomic E-state index is -0.984. The molecule has 4 nitrogen and oxygen atoms in total. The molecular formula is C20H22N2O2. The van der Waals surface area contributed by atoms with Crippen LogP contribution in [0.2, 0.25) is 0 Å². The van der Waals surface area contributed by atoms with Crippen LogP contribution in [0.15, 0.2) is 59.6 Å². The molecule has 0 amide bonds. The van der Waals surface area contributed by atoms with Crippen molar-refractivity contribution in [1.82, 2.24) is 5.32 Å². The molecule has 0 saturated heterocycles. The lowest BCUT2D eigenvalue weighted by Gasteiger charge is -2.36. The zero-order chi connectivity index (χ0) is 17.4. The number of aliphatic imine (C=N–C) groups is 1. The normalized spacial score (nSPS) is 25.8. The number of hydrogen-bond donors (Lipinski definition) is 1. The van der Waals surface area contributed by atoms with Gasteiger partial charge in [-0.25, -0.2) is 4.79 Å². The first-order valence-electron chi connectivity index (χ1n) is 8.00. The maximum Gasteiger partial charge on any atom is 0.334 e. The summed E-state index contributed by atoms with van der Waals surface area (Å²) in [5.41, 5.74) is 1.34. The molecule has 2 atom stereocenters. The first-order valence-corrected chi connectivity index (χ1v) is 8.00. The number of nitrogens with zero attached hydrogens (tertiary/aromatic N) is 1. The largest absolute Gasteiger partial charge is 0.467 e. The van der Waals surface area contributed by atoms with Crippen molar-refractivity contribution in [3.63, 3.8) is 0 Å². The van der Waals surface area contributed by atoms with Gasteiger partial charge in [0.2, 0.25) is 0 Å². The summed E-state index contributed by atoms with van der Waals surface area (Å²) in [6.45, 7) is 5.85. The smallest absolute Gasteiger partial charge is 0.334 e. The number of ether oxygens (including phenoxy) is 1. The van der Waals surface area contributed by atoms with Crippen molar-refractivity contribution in [2.45, 2.75) is 31.8 Å². The molecule has 1 heterocycles. The van der Waals surface area contributed by atoms with Crippen LogP contribution in [-0.4, -0.2) is 24.5 Å². The first kappa shape index (κ1) is 16.2. The van der Waals surface area contributed by atoms with E-state index in [2.05, 4.69) is 5.32 Å². The highest BCUT2D eigenvalue weighted by molar-refractivity contribution is 6.05. The van der Waals surface area contributed by atoms with E-state index in [9.17, 15) is 4.79 Å². The molecule has 3 rings (SSSR count). The van der Waals surface area contributed by atoms with Gasteiger partial charge in [0.1, 0.15) is 11.4 Å². The number of benzene rings is 2. The minimum Gasteiger partial charge on any atom is -0.467 e. The van der Waals surface area contributed by atoms with E-state index in [1.54, 1.807) is 0 Å². The van der Waals surface area contributed by atoms with Crippen molar-refractivity contribution >= 4 is 11.8 Å². The molecule has 4 heteroatoms. The van der Waals surface area contributed by atoms with Crippen LogP contribution in [0.3, 0.4) is 0 Å². The summed E-state index contributed by atoms with van der Waals surface area (Å²) in [4.78, 5) is 17.5. The van der Waals surface area contributed by atoms with Gasteiger partial charge in [0.05, 0.1) is 7.11 Å². The Balaban J connectivity index is 2.15. The van der Waals surface area contributed by atoms with Gasteiger partial charge in [0.15, 0.2) is 5.54 Å². The predicted molar refractivity (Wildman–Crippen MR) is 95.1 cm³/mol. The SMILES string of the molecule is COC(=O)[C@@]1(C)NC(c2ccccc2)=N[C@]1(C)c1ccc(C)cc1. The Labute approximate surface area is 142 Å². The van der Waals surface area contributed by atoms with Gasteiger partial charge in [0, 0.05) is 5.56 Å². The molecule has 124 valence electrons. The molecule has 0 aromatic heterocycles. The van der Waals surface area contributed by atoms with Gasteiger partial charge < -0.3 is 10.1 Å². The zero-order valence-electron chi connectivity index (χ0n) is 14.5. The van der Waals surface area contributed by atoms with Crippen molar-refractivity contribution in [3.8, 4) is 0 Å². The second-order valence-corrected chi connectivity index (χ2v) is 6.51. The molecule has 0 aliphatic carbocycles. The number of hydrogen-bond acceptors (Lipinski definition) is 4. The summed E-state index contributed by atoms with van der Waals surface area (Å²) in [6, 6.07) is 17.9. The fourth-order valence-electron chi connectivity index (χ4n) is 3.14. The third-order valence-electron chi connectivity index (χ3n) is 4.93. The lowest BCUT2D eigenvalue weighted by molar-refractivity contribution is -0.149. The second-order valence-electron chi connectivity index (χ2n) is 6.51. The van der Waals surface area contributed by atoms with E-state index < -0.39 is 11.1 Å². The van der Waals surface area contributed by atoms with Crippen LogP contribution in [0.4, 0.5) is 0 Å². The Morgan fingerprint density at radius 1 is 1.04 bits per heavy atom. The fraction of sp³-hybridized carbons (Fsp3) is 0.300. The van der Waals surface area contributed by atoms with Crippen molar-refractivity contribution in [1.29, 1.82) is 0 Å². The van der Waals surface area contributed by atoms with Gasteiger partial charge in [-0.05, 0) is 26.3 Å². The average Bonchev–Trinajstić information content (AvgIpc) is 2.89. The molecule has 1 N–H and O–H groups in total. The predicted octanol–water partition coefficient (Wildman–Crippen LogP) is 3.19. The Morgan fingerprint density at radius 2 is 1.67 bits per heavy atom. The molecule has 24 heavy (non-hydrogen) atoms. The van der Waals surface area contributed by atoms with Gasteiger partial charge in [-0.1, -0.05) is 60.2 Å². The summed E-state index contributed by atoms with van der Waals surface area (Å²) >= 11 is 0. The van der Waals surface area contributed by atoms with Crippen molar-refractivity contribution in [2.24, 2.45) is 4.99 Å². The number of methoxy groups -OCH3 is 1. The van der Waals surface area contributed by atoms with Gasteiger partial charge in [-0.2, -0.15) is 0 Å². The van der Waals surface area contributed by atoms with Crippen LogP contribution >= 0.6 is 0 Å². The second kappa shape index (κ2) is 5.78. The van der Waals surface area contributed by atoms with Crippen LogP contribution in [0.1, 0.15) is 30.5 Å². The van der Waals surface area contributed by atoms with Crippen LogP contribution in [0.25, 0.3) is 0 Å². The summed E-state index contributed by atoms with van der Waals surface area (Å²) in [7, 11) is 1.41. The minimum absolute atomic E-state index is 0.333. The summed E-state index contributed by atoms with van der Waals surface area (Å²) < 4.78 is 5.09. The van der Waals surface area contributed by atoms with Crippen LogP contribution < -0.4 is 5.32 Å². The van der Waals surface area contributed by atoms with Crippen molar-refractivity contribution in [3.05, 3.63) is 71.3 Å². The summed E-state index contributed by atoms with van der Waals surface area (Å²) in [5.74, 6) is 0.367. The van der Waals surface area contributed by atoms with Gasteiger partial charge in [-0.3, -0.25) is 4.99 Å². The Morgan fingerprint density at radius 3 is 2.25 bits per heavy atom. The Kier molecular flexibility index (Phi) is 3.91. The highest BCUT2D eigenvalue weighted by atomic mass is 16.5. The lowest BCUT2D eigenvalue weighted by atomic mass is 9.75. The molecule has 1 aliphatic heterocycles. The van der Waals surface area contributed by atoms with E-state index in [1.807, 2.05) is 75.4 Å². The first-order chi connectivity index (χ1) is 11.4. The third-order valence-corrected chi connectivity index (χ3v) is 4.93. The van der Waals surface area contributed by atoms with Crippen LogP contribution in [-0.2, 0) is 15.1 Å². The Hall–Kier alpha value is -2.62. The molecule has 2 aromatic carbocycles. The lowest BCUT2D eigenvalue weighted by Crippen LogP contribution is -2.59. The van der Waals surface area contributed by atoms with Gasteiger partial charge in [0.25, 0.3) is 0 Å². The number of esters is 1. The molecule has 0 spiro atoms. The van der Waals surface area contributed by atoms with E-state index >= 15 is 0 Å². The number of amidine groups is 1. The van der Waals surface area contributed by atoms with Gasteiger partial charge >= 0.3 is 5.97 Å². The molecule has 1 aliphatic rings. The number of aryl methyl sites for hydroxylation is 1. The monoisotopic (exact) mass is 322 g/mol. The van der Waals surface area contributed by atoms with E-state index in [0.717, 1.165) is 11.1 Å². The average molecular weight is 322 g/mol. The maximum absolute atomic E-state index is 12.6. The molecule has 2 aromatic rings. The number of carbonyl (C=O) groups is 1. The molecule has 0 saturated carbocycles. The summed E-state index contributed by atoms with van der Waals surface area (Å²) in [5, 5.41) is 3.31. The third kappa shape index (κ3) is 2.39. The maximum atomic E-state index is 12.6. The van der Waals surface area contributed by atoms with Crippen molar-refractivity contribution in [2.75, 3.05) is 7.11 Å². The highest BCUT2D eigenvalue weighted by Crippen LogP contribution is 2.42. The molecular weight excluding hydrogens is 300 g/mol. The highest BCUT2D eigenvalue weighted by Gasteiger charge is 2.57. The molecule has 0 fully saturated rings. The van der Waals surface area contributed by atoms with E-state index in [-0.39, 0.29) is 5.97 Å². The zero-order valence-corrected chi connectivity index (χ0v) is 14.5. The topological polar surface area (TPSA) is 50.7 Å². The van der Waals surface area contributed by atoms with E-state index in [1.165, 1.54) is 12.7 Å². The number of carbonyl (C=O) groups excluding carboxylic acids is 1. The molecule has 0 unspecified atom stereocenters.